The van der Waals surface area contributed by atoms with E-state index in [0.29, 0.717) is 0 Å². The average molecular weight is 285 g/mol. The lowest BCUT2D eigenvalue weighted by Crippen LogP contribution is -2.30. The molecule has 1 heterocycles. The van der Waals surface area contributed by atoms with E-state index < -0.39 is 0 Å². The molecule has 0 radical (unpaired) electrons. The highest BCUT2D eigenvalue weighted by atomic mass is 19.1. The lowest BCUT2D eigenvalue weighted by Gasteiger charge is -2.28. The summed E-state index contributed by atoms with van der Waals surface area (Å²) in [5.74, 6) is 0.671. The Morgan fingerprint density at radius 3 is 2.81 bits per heavy atom. The van der Waals surface area contributed by atoms with Gasteiger partial charge in [0.2, 0.25) is 0 Å². The lowest BCUT2D eigenvalue weighted by molar-refractivity contribution is 0.242. The standard InChI is InChI=1S/C18H20FNO/c1-12(2)21-16-7-6-13-8-9-20-18(17(13)11-16)14-4-3-5-15(19)10-14/h3-7,10-12,18,20H,8-9H2,1-2H3. The highest BCUT2D eigenvalue weighted by Crippen LogP contribution is 2.32. The minimum Gasteiger partial charge on any atom is -0.491 e. The van der Waals surface area contributed by atoms with Crippen molar-refractivity contribution in [1.29, 1.82) is 0 Å². The molecule has 1 aliphatic rings. The van der Waals surface area contributed by atoms with Crippen LogP contribution in [0.2, 0.25) is 0 Å². The molecule has 3 heteroatoms. The predicted molar refractivity (Wildman–Crippen MR) is 82.2 cm³/mol. The number of nitrogens with one attached hydrogen (secondary N) is 1. The number of rotatable bonds is 3. The number of hydrogen-bond acceptors (Lipinski definition) is 2. The highest BCUT2D eigenvalue weighted by Gasteiger charge is 2.22. The maximum atomic E-state index is 13.5. The van der Waals surface area contributed by atoms with Crippen molar-refractivity contribution in [2.24, 2.45) is 0 Å². The molecule has 0 saturated heterocycles. The number of hydrogen-bond donors (Lipinski definition) is 1. The van der Waals surface area contributed by atoms with Gasteiger partial charge in [0, 0.05) is 6.54 Å². The third-order valence-corrected chi connectivity index (χ3v) is 3.72. The van der Waals surface area contributed by atoms with Crippen LogP contribution in [-0.4, -0.2) is 12.6 Å². The van der Waals surface area contributed by atoms with Crippen molar-refractivity contribution in [3.05, 3.63) is 65.0 Å². The van der Waals surface area contributed by atoms with Gasteiger partial charge >= 0.3 is 0 Å². The van der Waals surface area contributed by atoms with Gasteiger partial charge in [0.25, 0.3) is 0 Å². The predicted octanol–water partition coefficient (Wildman–Crippen LogP) is 3.85. The summed E-state index contributed by atoms with van der Waals surface area (Å²) in [5.41, 5.74) is 3.45. The quantitative estimate of drug-likeness (QED) is 0.925. The van der Waals surface area contributed by atoms with Crippen LogP contribution in [0.3, 0.4) is 0 Å². The van der Waals surface area contributed by atoms with Crippen LogP contribution in [0.5, 0.6) is 5.75 Å². The van der Waals surface area contributed by atoms with Crippen molar-refractivity contribution in [3.8, 4) is 5.75 Å². The zero-order valence-electron chi connectivity index (χ0n) is 12.4. The maximum absolute atomic E-state index is 13.5. The number of benzene rings is 2. The van der Waals surface area contributed by atoms with Gasteiger partial charge in [-0.3, -0.25) is 0 Å². The van der Waals surface area contributed by atoms with Gasteiger partial charge in [-0.25, -0.2) is 4.39 Å². The molecule has 21 heavy (non-hydrogen) atoms. The fourth-order valence-corrected chi connectivity index (χ4v) is 2.86. The lowest BCUT2D eigenvalue weighted by atomic mass is 9.89. The van der Waals surface area contributed by atoms with Crippen molar-refractivity contribution in [1.82, 2.24) is 5.32 Å². The fraction of sp³-hybridized carbons (Fsp3) is 0.333. The van der Waals surface area contributed by atoms with Crippen LogP contribution >= 0.6 is 0 Å². The summed E-state index contributed by atoms with van der Waals surface area (Å²) in [6.07, 6.45) is 1.13. The van der Waals surface area contributed by atoms with Crippen molar-refractivity contribution in [3.63, 3.8) is 0 Å². The topological polar surface area (TPSA) is 21.3 Å². The van der Waals surface area contributed by atoms with Gasteiger partial charge in [-0.1, -0.05) is 18.2 Å². The first kappa shape index (κ1) is 14.1. The summed E-state index contributed by atoms with van der Waals surface area (Å²) in [6, 6.07) is 13.1. The van der Waals surface area contributed by atoms with Crippen LogP contribution in [0.1, 0.15) is 36.6 Å². The number of ether oxygens (including phenoxy) is 1. The average Bonchev–Trinajstić information content (AvgIpc) is 2.46. The first-order chi connectivity index (χ1) is 10.1. The van der Waals surface area contributed by atoms with Crippen LogP contribution < -0.4 is 10.1 Å². The molecule has 0 amide bonds. The summed E-state index contributed by atoms with van der Waals surface area (Å²) in [6.45, 7) is 4.93. The van der Waals surface area contributed by atoms with E-state index in [0.717, 1.165) is 24.3 Å². The molecule has 0 aliphatic carbocycles. The van der Waals surface area contributed by atoms with Crippen molar-refractivity contribution in [2.45, 2.75) is 32.4 Å². The molecule has 0 bridgehead atoms. The Labute approximate surface area is 125 Å². The molecule has 1 N–H and O–H groups in total. The van der Waals surface area contributed by atoms with Crippen molar-refractivity contribution >= 4 is 0 Å². The molecular formula is C18H20FNO. The van der Waals surface area contributed by atoms with Gasteiger partial charge in [0.1, 0.15) is 11.6 Å². The summed E-state index contributed by atoms with van der Waals surface area (Å²) in [5, 5.41) is 3.48. The molecule has 0 saturated carbocycles. The summed E-state index contributed by atoms with van der Waals surface area (Å²) in [7, 11) is 0. The minimum atomic E-state index is -0.198. The summed E-state index contributed by atoms with van der Waals surface area (Å²) < 4.78 is 19.3. The van der Waals surface area contributed by atoms with E-state index in [1.807, 2.05) is 26.0 Å². The van der Waals surface area contributed by atoms with Gasteiger partial charge in [-0.15, -0.1) is 0 Å². The highest BCUT2D eigenvalue weighted by molar-refractivity contribution is 5.44. The van der Waals surface area contributed by atoms with Gasteiger partial charge in [0.05, 0.1) is 12.1 Å². The normalized spacial score (nSPS) is 17.6. The van der Waals surface area contributed by atoms with E-state index in [4.69, 9.17) is 4.74 Å². The van der Waals surface area contributed by atoms with Crippen molar-refractivity contribution in [2.75, 3.05) is 6.54 Å². The Hall–Kier alpha value is -1.87. The molecule has 3 rings (SSSR count). The molecule has 1 atom stereocenters. The second-order valence-corrected chi connectivity index (χ2v) is 5.72. The van der Waals surface area contributed by atoms with Gasteiger partial charge < -0.3 is 10.1 Å². The Kier molecular flexibility index (Phi) is 3.93. The molecular weight excluding hydrogens is 265 g/mol. The zero-order valence-corrected chi connectivity index (χ0v) is 12.4. The summed E-state index contributed by atoms with van der Waals surface area (Å²) >= 11 is 0. The van der Waals surface area contributed by atoms with Gasteiger partial charge in [-0.2, -0.15) is 0 Å². The molecule has 0 fully saturated rings. The van der Waals surface area contributed by atoms with Crippen LogP contribution in [-0.2, 0) is 6.42 Å². The van der Waals surface area contributed by atoms with Crippen LogP contribution in [0, 0.1) is 5.82 Å². The molecule has 1 aliphatic heterocycles. The van der Waals surface area contributed by atoms with Crippen LogP contribution in [0.4, 0.5) is 4.39 Å². The maximum Gasteiger partial charge on any atom is 0.123 e. The van der Waals surface area contributed by atoms with E-state index in [2.05, 4.69) is 17.4 Å². The number of fused-ring (bicyclic) bond motifs is 1. The third-order valence-electron chi connectivity index (χ3n) is 3.72. The third kappa shape index (κ3) is 3.08. The SMILES string of the molecule is CC(C)Oc1ccc2c(c1)C(c1cccc(F)c1)NCC2. The monoisotopic (exact) mass is 285 g/mol. The Morgan fingerprint density at radius 1 is 1.19 bits per heavy atom. The van der Waals surface area contributed by atoms with E-state index in [9.17, 15) is 4.39 Å². The zero-order chi connectivity index (χ0) is 14.8. The Bertz CT molecular complexity index is 639. The molecule has 110 valence electrons. The van der Waals surface area contributed by atoms with E-state index in [1.54, 1.807) is 12.1 Å². The van der Waals surface area contributed by atoms with E-state index in [1.165, 1.54) is 17.2 Å². The van der Waals surface area contributed by atoms with Crippen LogP contribution in [0.15, 0.2) is 42.5 Å². The Morgan fingerprint density at radius 2 is 2.05 bits per heavy atom. The first-order valence-electron chi connectivity index (χ1n) is 7.42. The first-order valence-corrected chi connectivity index (χ1v) is 7.42. The fourth-order valence-electron chi connectivity index (χ4n) is 2.86. The van der Waals surface area contributed by atoms with Gasteiger partial charge in [0.15, 0.2) is 0 Å². The molecule has 2 nitrogen and oxygen atoms in total. The van der Waals surface area contributed by atoms with Crippen LogP contribution in [0.25, 0.3) is 0 Å². The molecule has 0 spiro atoms. The second kappa shape index (κ2) is 5.86. The molecule has 2 aromatic carbocycles. The minimum absolute atomic E-state index is 0.0279. The number of halogens is 1. The van der Waals surface area contributed by atoms with E-state index >= 15 is 0 Å². The second-order valence-electron chi connectivity index (χ2n) is 5.72. The molecule has 0 aromatic heterocycles. The van der Waals surface area contributed by atoms with E-state index in [-0.39, 0.29) is 18.0 Å². The van der Waals surface area contributed by atoms with Gasteiger partial charge in [-0.05, 0) is 61.2 Å². The smallest absolute Gasteiger partial charge is 0.123 e. The molecule has 2 aromatic rings. The molecule has 1 unspecified atom stereocenters. The largest absolute Gasteiger partial charge is 0.491 e. The summed E-state index contributed by atoms with van der Waals surface area (Å²) in [4.78, 5) is 0. The van der Waals surface area contributed by atoms with Crippen molar-refractivity contribution < 1.29 is 9.13 Å². The Balaban J connectivity index is 1.99.